The van der Waals surface area contributed by atoms with Crippen molar-refractivity contribution in [3.8, 4) is 0 Å². The van der Waals surface area contributed by atoms with Gasteiger partial charge >= 0.3 is 0 Å². The van der Waals surface area contributed by atoms with Crippen LogP contribution >= 0.6 is 0 Å². The first-order valence-electron chi connectivity index (χ1n) is 6.98. The van der Waals surface area contributed by atoms with Crippen molar-refractivity contribution in [3.63, 3.8) is 0 Å². The molecule has 1 atom stereocenters. The van der Waals surface area contributed by atoms with Crippen LogP contribution in [0, 0.1) is 0 Å². The zero-order chi connectivity index (χ0) is 11.5. The van der Waals surface area contributed by atoms with E-state index in [0.717, 1.165) is 12.5 Å². The predicted octanol–water partition coefficient (Wildman–Crippen LogP) is 3.07. The topological polar surface area (TPSA) is 15.3 Å². The monoisotopic (exact) mass is 230 g/mol. The molecule has 1 N–H and O–H groups in total. The highest BCUT2D eigenvalue weighted by atomic mass is 15.1. The van der Waals surface area contributed by atoms with Crippen molar-refractivity contribution in [1.82, 2.24) is 4.90 Å². The van der Waals surface area contributed by atoms with Gasteiger partial charge in [-0.05, 0) is 50.5 Å². The minimum atomic E-state index is 0.730. The minimum Gasteiger partial charge on any atom is -0.384 e. The molecule has 92 valence electrons. The Labute approximate surface area is 104 Å². The van der Waals surface area contributed by atoms with E-state index in [0.29, 0.717) is 0 Å². The van der Waals surface area contributed by atoms with Crippen LogP contribution in [0.25, 0.3) is 0 Å². The number of likely N-dealkylation sites (tertiary alicyclic amines) is 1. The highest BCUT2D eigenvalue weighted by Crippen LogP contribution is 2.33. The average molecular weight is 230 g/mol. The summed E-state index contributed by atoms with van der Waals surface area (Å²) in [6.07, 6.45) is 5.55. The second-order valence-corrected chi connectivity index (χ2v) is 5.36. The van der Waals surface area contributed by atoms with Gasteiger partial charge in [0.25, 0.3) is 0 Å². The van der Waals surface area contributed by atoms with Crippen LogP contribution in [0.5, 0.6) is 0 Å². The summed E-state index contributed by atoms with van der Waals surface area (Å²) in [7, 11) is 0. The van der Waals surface area contributed by atoms with Crippen molar-refractivity contribution in [2.45, 2.75) is 31.6 Å². The second kappa shape index (κ2) is 5.09. The van der Waals surface area contributed by atoms with Gasteiger partial charge in [-0.2, -0.15) is 0 Å². The Bertz CT molecular complexity index is 369. The maximum absolute atomic E-state index is 3.52. The van der Waals surface area contributed by atoms with Gasteiger partial charge in [-0.15, -0.1) is 0 Å². The van der Waals surface area contributed by atoms with Crippen molar-refractivity contribution in [1.29, 1.82) is 0 Å². The maximum Gasteiger partial charge on any atom is 0.0376 e. The molecule has 1 aromatic carbocycles. The van der Waals surface area contributed by atoms with Crippen molar-refractivity contribution < 1.29 is 0 Å². The Kier molecular flexibility index (Phi) is 3.32. The Morgan fingerprint density at radius 3 is 2.82 bits per heavy atom. The Hall–Kier alpha value is -1.02. The molecule has 0 unspecified atom stereocenters. The molecule has 0 bridgehead atoms. The molecule has 17 heavy (non-hydrogen) atoms. The third-order valence-corrected chi connectivity index (χ3v) is 4.18. The molecule has 1 fully saturated rings. The van der Waals surface area contributed by atoms with Gasteiger partial charge in [0.1, 0.15) is 0 Å². The number of nitrogens with zero attached hydrogens (tertiary/aromatic N) is 1. The molecule has 1 aromatic rings. The zero-order valence-electron chi connectivity index (χ0n) is 10.5. The molecule has 3 rings (SSSR count). The van der Waals surface area contributed by atoms with Gasteiger partial charge in [-0.1, -0.05) is 24.6 Å². The molecular weight excluding hydrogens is 208 g/mol. The largest absolute Gasteiger partial charge is 0.384 e. The van der Waals surface area contributed by atoms with Crippen LogP contribution in [-0.2, 0) is 0 Å². The molecule has 2 heteroatoms. The van der Waals surface area contributed by atoms with Gasteiger partial charge in [0.15, 0.2) is 0 Å². The van der Waals surface area contributed by atoms with Crippen molar-refractivity contribution >= 4 is 5.69 Å². The van der Waals surface area contributed by atoms with Gasteiger partial charge in [-0.3, -0.25) is 0 Å². The number of rotatable bonds is 3. The summed E-state index contributed by atoms with van der Waals surface area (Å²) < 4.78 is 0. The van der Waals surface area contributed by atoms with Crippen molar-refractivity contribution in [2.24, 2.45) is 0 Å². The van der Waals surface area contributed by atoms with E-state index in [-0.39, 0.29) is 0 Å². The molecule has 0 radical (unpaired) electrons. The van der Waals surface area contributed by atoms with Crippen molar-refractivity contribution in [3.05, 3.63) is 29.8 Å². The highest BCUT2D eigenvalue weighted by molar-refractivity contribution is 5.57. The normalized spacial score (nSPS) is 24.4. The standard InChI is InChI=1S/C15H22N2/c1-4-9-17(10-5-1)11-8-13-12-16-15-7-3-2-6-14(13)15/h2-3,6-7,13,16H,1,4-5,8-12H2/t13-/m1/s1. The molecule has 0 aromatic heterocycles. The minimum absolute atomic E-state index is 0.730. The Balaban J connectivity index is 1.56. The smallest absolute Gasteiger partial charge is 0.0376 e. The third-order valence-electron chi connectivity index (χ3n) is 4.18. The average Bonchev–Trinajstić information content (AvgIpc) is 2.81. The van der Waals surface area contributed by atoms with Crippen LogP contribution in [0.3, 0.4) is 0 Å². The lowest BCUT2D eigenvalue weighted by Gasteiger charge is -2.27. The van der Waals surface area contributed by atoms with Gasteiger partial charge in [0.2, 0.25) is 0 Å². The summed E-state index contributed by atoms with van der Waals surface area (Å²) in [5.41, 5.74) is 2.89. The van der Waals surface area contributed by atoms with Crippen LogP contribution in [0.15, 0.2) is 24.3 Å². The summed E-state index contributed by atoms with van der Waals surface area (Å²) in [6, 6.07) is 8.78. The van der Waals surface area contributed by atoms with E-state index in [1.54, 1.807) is 0 Å². The van der Waals surface area contributed by atoms with Gasteiger partial charge in [0, 0.05) is 18.2 Å². The highest BCUT2D eigenvalue weighted by Gasteiger charge is 2.22. The molecular formula is C15H22N2. The van der Waals surface area contributed by atoms with E-state index < -0.39 is 0 Å². The lowest BCUT2D eigenvalue weighted by molar-refractivity contribution is 0.222. The Morgan fingerprint density at radius 2 is 1.94 bits per heavy atom. The van der Waals surface area contributed by atoms with E-state index in [1.807, 2.05) is 0 Å². The Morgan fingerprint density at radius 1 is 1.12 bits per heavy atom. The lowest BCUT2D eigenvalue weighted by atomic mass is 9.97. The number of hydrogen-bond acceptors (Lipinski definition) is 2. The van der Waals surface area contributed by atoms with E-state index >= 15 is 0 Å². The van der Waals surface area contributed by atoms with Gasteiger partial charge in [-0.25, -0.2) is 0 Å². The predicted molar refractivity (Wildman–Crippen MR) is 72.6 cm³/mol. The second-order valence-electron chi connectivity index (χ2n) is 5.36. The first kappa shape index (κ1) is 11.1. The zero-order valence-corrected chi connectivity index (χ0v) is 10.5. The van der Waals surface area contributed by atoms with E-state index in [1.165, 1.54) is 56.6 Å². The summed E-state index contributed by atoms with van der Waals surface area (Å²) in [6.45, 7) is 5.05. The van der Waals surface area contributed by atoms with Crippen molar-refractivity contribution in [2.75, 3.05) is 31.5 Å². The SMILES string of the molecule is c1ccc2c(c1)NC[C@H]2CCN1CCCCC1. The van der Waals surface area contributed by atoms with Gasteiger partial charge < -0.3 is 10.2 Å². The quantitative estimate of drug-likeness (QED) is 0.858. The molecule has 1 saturated heterocycles. The van der Waals surface area contributed by atoms with E-state index in [2.05, 4.69) is 34.5 Å². The fraction of sp³-hybridized carbons (Fsp3) is 0.600. The summed E-state index contributed by atoms with van der Waals surface area (Å²) >= 11 is 0. The number of benzene rings is 1. The fourth-order valence-corrected chi connectivity index (χ4v) is 3.14. The van der Waals surface area contributed by atoms with Crippen LogP contribution in [0.2, 0.25) is 0 Å². The van der Waals surface area contributed by atoms with Crippen LogP contribution in [-0.4, -0.2) is 31.1 Å². The molecule has 0 saturated carbocycles. The lowest BCUT2D eigenvalue weighted by Crippen LogP contribution is -2.31. The molecule has 0 aliphatic carbocycles. The molecule has 0 amide bonds. The maximum atomic E-state index is 3.52. The summed E-state index contributed by atoms with van der Waals surface area (Å²) in [4.78, 5) is 2.64. The van der Waals surface area contributed by atoms with Crippen LogP contribution in [0.4, 0.5) is 5.69 Å². The number of nitrogens with one attached hydrogen (secondary N) is 1. The molecule has 2 heterocycles. The number of fused-ring (bicyclic) bond motifs is 1. The van der Waals surface area contributed by atoms with Gasteiger partial charge in [0.05, 0.1) is 0 Å². The molecule has 2 aliphatic heterocycles. The summed E-state index contributed by atoms with van der Waals surface area (Å²) in [5.74, 6) is 0.730. The number of piperidine rings is 1. The first-order valence-corrected chi connectivity index (χ1v) is 6.98. The molecule has 0 spiro atoms. The molecule has 2 aliphatic rings. The molecule has 2 nitrogen and oxygen atoms in total. The van der Waals surface area contributed by atoms with Crippen LogP contribution < -0.4 is 5.32 Å². The van der Waals surface area contributed by atoms with E-state index in [4.69, 9.17) is 0 Å². The number of hydrogen-bond donors (Lipinski definition) is 1. The van der Waals surface area contributed by atoms with Crippen LogP contribution in [0.1, 0.15) is 37.2 Å². The number of anilines is 1. The van der Waals surface area contributed by atoms with E-state index in [9.17, 15) is 0 Å². The first-order chi connectivity index (χ1) is 8.43. The fourth-order valence-electron chi connectivity index (χ4n) is 3.14. The third kappa shape index (κ3) is 2.47. The number of para-hydroxylation sites is 1. The summed E-state index contributed by atoms with van der Waals surface area (Å²) in [5, 5.41) is 3.52.